The van der Waals surface area contributed by atoms with Crippen molar-refractivity contribution in [3.8, 4) is 11.5 Å². The van der Waals surface area contributed by atoms with Gasteiger partial charge in [-0.25, -0.2) is 14.6 Å². The molecule has 1 aliphatic heterocycles. The average molecular weight is 498 g/mol. The van der Waals surface area contributed by atoms with Crippen molar-refractivity contribution < 1.29 is 23.8 Å². The van der Waals surface area contributed by atoms with E-state index in [1.807, 2.05) is 36.4 Å². The summed E-state index contributed by atoms with van der Waals surface area (Å²) in [6.07, 6.45) is 3.70. The highest BCUT2D eigenvalue weighted by molar-refractivity contribution is 6.12. The first kappa shape index (κ1) is 25.9. The number of esters is 2. The Morgan fingerprint density at radius 1 is 0.919 bits per heavy atom. The molecule has 0 amide bonds. The highest BCUT2D eigenvalue weighted by Gasteiger charge is 2.24. The van der Waals surface area contributed by atoms with Gasteiger partial charge in [-0.05, 0) is 77.6 Å². The highest BCUT2D eigenvalue weighted by atomic mass is 16.6. The predicted molar refractivity (Wildman–Crippen MR) is 144 cm³/mol. The third-order valence-corrected chi connectivity index (χ3v) is 5.87. The van der Waals surface area contributed by atoms with Crippen LogP contribution < -0.4 is 9.47 Å². The van der Waals surface area contributed by atoms with E-state index in [0.29, 0.717) is 23.5 Å². The summed E-state index contributed by atoms with van der Waals surface area (Å²) in [6, 6.07) is 21.6. The minimum atomic E-state index is -0.521. The minimum absolute atomic E-state index is 0.0107. The normalized spacial score (nSPS) is 14.3. The molecule has 0 aliphatic carbocycles. The van der Waals surface area contributed by atoms with Crippen molar-refractivity contribution in [2.45, 2.75) is 46.0 Å². The second-order valence-electron chi connectivity index (χ2n) is 9.85. The smallest absolute Gasteiger partial charge is 0.363 e. The Bertz CT molecular complexity index is 1310. The number of carbonyl (C=O) groups excluding carboxylic acids is 2. The van der Waals surface area contributed by atoms with E-state index < -0.39 is 11.9 Å². The van der Waals surface area contributed by atoms with Crippen molar-refractivity contribution in [3.05, 3.63) is 101 Å². The molecule has 0 aromatic heterocycles. The number of hydrogen-bond donors (Lipinski definition) is 0. The first-order valence-corrected chi connectivity index (χ1v) is 12.4. The molecule has 3 aromatic carbocycles. The van der Waals surface area contributed by atoms with E-state index in [-0.39, 0.29) is 17.0 Å². The summed E-state index contributed by atoms with van der Waals surface area (Å²) in [5.74, 6) is 0.473. The predicted octanol–water partition coefficient (Wildman–Crippen LogP) is 6.73. The van der Waals surface area contributed by atoms with Crippen molar-refractivity contribution in [2.24, 2.45) is 4.99 Å². The summed E-state index contributed by atoms with van der Waals surface area (Å²) in [5.41, 5.74) is 3.25. The van der Waals surface area contributed by atoms with Gasteiger partial charge in [0, 0.05) is 5.56 Å². The Labute approximate surface area is 217 Å². The van der Waals surface area contributed by atoms with Crippen molar-refractivity contribution in [3.63, 3.8) is 0 Å². The Morgan fingerprint density at radius 3 is 2.19 bits per heavy atom. The first-order valence-electron chi connectivity index (χ1n) is 12.4. The molecule has 0 unspecified atom stereocenters. The van der Waals surface area contributed by atoms with Crippen LogP contribution in [0.25, 0.3) is 6.08 Å². The Balaban J connectivity index is 1.40. The van der Waals surface area contributed by atoms with Crippen LogP contribution in [0, 0.1) is 0 Å². The van der Waals surface area contributed by atoms with Crippen LogP contribution in [0.3, 0.4) is 0 Å². The molecule has 37 heavy (non-hydrogen) atoms. The van der Waals surface area contributed by atoms with Gasteiger partial charge in [0.2, 0.25) is 5.90 Å². The van der Waals surface area contributed by atoms with E-state index in [4.69, 9.17) is 14.2 Å². The number of benzene rings is 3. The Kier molecular flexibility index (Phi) is 7.87. The second kappa shape index (κ2) is 11.2. The molecule has 0 saturated carbocycles. The van der Waals surface area contributed by atoms with Gasteiger partial charge in [0.05, 0.1) is 12.2 Å². The summed E-state index contributed by atoms with van der Waals surface area (Å²) >= 11 is 0. The molecule has 4 rings (SSSR count). The van der Waals surface area contributed by atoms with Crippen molar-refractivity contribution in [1.29, 1.82) is 0 Å². The lowest BCUT2D eigenvalue weighted by Crippen LogP contribution is -2.12. The molecule has 0 bridgehead atoms. The number of rotatable bonds is 8. The first-order chi connectivity index (χ1) is 17.7. The highest BCUT2D eigenvalue weighted by Crippen LogP contribution is 2.24. The van der Waals surface area contributed by atoms with Crippen LogP contribution in [0.1, 0.15) is 67.6 Å². The SMILES string of the molecule is CCCCOc1ccc(C2=N/C(=C\c3ccc(OC(=O)c4ccc(C(C)(C)C)cc4)cc3)C(=O)O2)cc1. The van der Waals surface area contributed by atoms with Crippen LogP contribution in [-0.2, 0) is 14.9 Å². The zero-order valence-electron chi connectivity index (χ0n) is 21.6. The van der Waals surface area contributed by atoms with Gasteiger partial charge in [-0.3, -0.25) is 0 Å². The average Bonchev–Trinajstić information content (AvgIpc) is 3.25. The molecule has 0 spiro atoms. The Hall–Kier alpha value is -4.19. The monoisotopic (exact) mass is 497 g/mol. The molecular formula is C31H31NO5. The van der Waals surface area contributed by atoms with Crippen molar-refractivity contribution in [2.75, 3.05) is 6.61 Å². The fourth-order valence-electron chi connectivity index (χ4n) is 3.62. The Morgan fingerprint density at radius 2 is 1.57 bits per heavy atom. The summed E-state index contributed by atoms with van der Waals surface area (Å²) in [6.45, 7) is 9.14. The summed E-state index contributed by atoms with van der Waals surface area (Å²) in [5, 5.41) is 0. The lowest BCUT2D eigenvalue weighted by Gasteiger charge is -2.18. The van der Waals surface area contributed by atoms with Gasteiger partial charge in [0.1, 0.15) is 11.5 Å². The van der Waals surface area contributed by atoms with E-state index in [0.717, 1.165) is 29.7 Å². The fourth-order valence-corrected chi connectivity index (χ4v) is 3.62. The van der Waals surface area contributed by atoms with Crippen molar-refractivity contribution >= 4 is 23.9 Å². The third-order valence-electron chi connectivity index (χ3n) is 5.87. The molecule has 190 valence electrons. The quantitative estimate of drug-likeness (QED) is 0.149. The van der Waals surface area contributed by atoms with Crippen LogP contribution in [-0.4, -0.2) is 24.4 Å². The lowest BCUT2D eigenvalue weighted by molar-refractivity contribution is -0.129. The van der Waals surface area contributed by atoms with E-state index in [1.165, 1.54) is 0 Å². The van der Waals surface area contributed by atoms with Crippen molar-refractivity contribution in [1.82, 2.24) is 0 Å². The number of ether oxygens (including phenoxy) is 3. The molecule has 0 fully saturated rings. The molecule has 3 aromatic rings. The molecule has 0 N–H and O–H groups in total. The largest absolute Gasteiger partial charge is 0.494 e. The minimum Gasteiger partial charge on any atom is -0.494 e. The molecule has 1 heterocycles. The number of nitrogens with zero attached hydrogens (tertiary/aromatic N) is 1. The van der Waals surface area contributed by atoms with Gasteiger partial charge in [-0.2, -0.15) is 0 Å². The maximum Gasteiger partial charge on any atom is 0.363 e. The standard InChI is InChI=1S/C31H31NO5/c1-5-6-19-35-25-17-11-22(12-18-25)28-32-27(30(34)37-28)20-21-7-15-26(16-8-21)36-29(33)23-9-13-24(14-10-23)31(2,3)4/h7-18,20H,5-6,19H2,1-4H3/b27-20-. The summed E-state index contributed by atoms with van der Waals surface area (Å²) in [4.78, 5) is 29.2. The maximum atomic E-state index is 12.5. The van der Waals surface area contributed by atoms with Crippen LogP contribution >= 0.6 is 0 Å². The van der Waals surface area contributed by atoms with Gasteiger partial charge in [-0.1, -0.05) is 58.4 Å². The molecule has 0 atom stereocenters. The topological polar surface area (TPSA) is 74.2 Å². The van der Waals surface area contributed by atoms with E-state index >= 15 is 0 Å². The van der Waals surface area contributed by atoms with Gasteiger partial charge < -0.3 is 14.2 Å². The molecular weight excluding hydrogens is 466 g/mol. The van der Waals surface area contributed by atoms with Gasteiger partial charge in [-0.15, -0.1) is 0 Å². The molecule has 6 heteroatoms. The molecule has 0 radical (unpaired) electrons. The fraction of sp³-hybridized carbons (Fsp3) is 0.258. The number of unbranched alkanes of at least 4 members (excludes halogenated alkanes) is 1. The molecule has 1 aliphatic rings. The number of hydrogen-bond acceptors (Lipinski definition) is 6. The van der Waals surface area contributed by atoms with Crippen LogP contribution in [0.15, 0.2) is 83.5 Å². The zero-order chi connectivity index (χ0) is 26.4. The van der Waals surface area contributed by atoms with Crippen LogP contribution in [0.5, 0.6) is 11.5 Å². The number of carbonyl (C=O) groups is 2. The van der Waals surface area contributed by atoms with Gasteiger partial charge in [0.25, 0.3) is 0 Å². The lowest BCUT2D eigenvalue weighted by atomic mass is 9.87. The van der Waals surface area contributed by atoms with E-state index in [9.17, 15) is 9.59 Å². The summed E-state index contributed by atoms with van der Waals surface area (Å²) in [7, 11) is 0. The van der Waals surface area contributed by atoms with Gasteiger partial charge in [0.15, 0.2) is 5.70 Å². The van der Waals surface area contributed by atoms with Crippen LogP contribution in [0.2, 0.25) is 0 Å². The number of aliphatic imine (C=N–C) groups is 1. The van der Waals surface area contributed by atoms with E-state index in [2.05, 4.69) is 32.7 Å². The zero-order valence-corrected chi connectivity index (χ0v) is 21.6. The van der Waals surface area contributed by atoms with E-state index in [1.54, 1.807) is 42.5 Å². The van der Waals surface area contributed by atoms with Gasteiger partial charge >= 0.3 is 11.9 Å². The summed E-state index contributed by atoms with van der Waals surface area (Å²) < 4.78 is 16.5. The second-order valence-corrected chi connectivity index (χ2v) is 9.85. The maximum absolute atomic E-state index is 12.5. The number of cyclic esters (lactones) is 1. The van der Waals surface area contributed by atoms with Crippen LogP contribution in [0.4, 0.5) is 0 Å². The molecule has 6 nitrogen and oxygen atoms in total. The molecule has 0 saturated heterocycles. The third kappa shape index (κ3) is 6.73.